The lowest BCUT2D eigenvalue weighted by atomic mass is 10.0. The molecular formula is C18H18F3NO2. The molecule has 0 aliphatic rings. The lowest BCUT2D eigenvalue weighted by Crippen LogP contribution is -2.46. The van der Waals surface area contributed by atoms with Gasteiger partial charge in [0, 0.05) is 12.0 Å². The molecular weight excluding hydrogens is 319 g/mol. The van der Waals surface area contributed by atoms with Crippen molar-refractivity contribution >= 4 is 5.91 Å². The smallest absolute Gasteiger partial charge is 0.408 e. The molecule has 0 aliphatic carbocycles. The highest BCUT2D eigenvalue weighted by Gasteiger charge is 2.40. The maximum absolute atomic E-state index is 13.2. The van der Waals surface area contributed by atoms with Crippen LogP contribution in [0.25, 0.3) is 0 Å². The first-order valence-corrected chi connectivity index (χ1v) is 7.54. The third-order valence-electron chi connectivity index (χ3n) is 3.41. The molecule has 6 heteroatoms. The molecule has 0 fully saturated rings. The molecule has 24 heavy (non-hydrogen) atoms. The minimum atomic E-state index is -4.54. The van der Waals surface area contributed by atoms with Gasteiger partial charge in [0.25, 0.3) is 5.91 Å². The molecule has 0 saturated carbocycles. The second-order valence-electron chi connectivity index (χ2n) is 5.21. The van der Waals surface area contributed by atoms with Crippen molar-refractivity contribution in [2.75, 3.05) is 6.61 Å². The molecule has 0 radical (unpaired) electrons. The van der Waals surface area contributed by atoms with Gasteiger partial charge in [-0.3, -0.25) is 4.79 Å². The summed E-state index contributed by atoms with van der Waals surface area (Å²) in [5.41, 5.74) is 0.660. The molecule has 128 valence electrons. The lowest BCUT2D eigenvalue weighted by Gasteiger charge is -2.22. The fourth-order valence-electron chi connectivity index (χ4n) is 2.20. The summed E-state index contributed by atoms with van der Waals surface area (Å²) in [6.45, 7) is 2.31. The molecule has 1 N–H and O–H groups in total. The van der Waals surface area contributed by atoms with E-state index in [1.165, 1.54) is 12.1 Å². The van der Waals surface area contributed by atoms with Crippen molar-refractivity contribution in [1.82, 2.24) is 5.32 Å². The summed E-state index contributed by atoms with van der Waals surface area (Å²) >= 11 is 0. The summed E-state index contributed by atoms with van der Waals surface area (Å²) in [6.07, 6.45) is -4.88. The van der Waals surface area contributed by atoms with E-state index in [1.54, 1.807) is 42.5 Å². The van der Waals surface area contributed by atoms with Crippen LogP contribution in [0.3, 0.4) is 0 Å². The van der Waals surface area contributed by atoms with Crippen LogP contribution in [0.4, 0.5) is 13.2 Å². The van der Waals surface area contributed by atoms with Crippen molar-refractivity contribution < 1.29 is 22.7 Å². The van der Waals surface area contributed by atoms with Crippen molar-refractivity contribution in [1.29, 1.82) is 0 Å². The summed E-state index contributed by atoms with van der Waals surface area (Å²) in [5, 5.41) is 2.07. The quantitative estimate of drug-likeness (QED) is 0.866. The van der Waals surface area contributed by atoms with Crippen molar-refractivity contribution in [2.45, 2.75) is 25.6 Å². The second-order valence-corrected chi connectivity index (χ2v) is 5.21. The fourth-order valence-corrected chi connectivity index (χ4v) is 2.20. The normalized spacial score (nSPS) is 12.5. The predicted octanol–water partition coefficient (Wildman–Crippen LogP) is 3.99. The first kappa shape index (κ1) is 17.8. The number of halogens is 3. The number of nitrogens with one attached hydrogen (secondary N) is 1. The topological polar surface area (TPSA) is 38.3 Å². The first-order valence-electron chi connectivity index (χ1n) is 7.54. The largest absolute Gasteiger partial charge is 0.494 e. The van der Waals surface area contributed by atoms with Crippen LogP contribution in [-0.4, -0.2) is 24.7 Å². The second kappa shape index (κ2) is 7.86. The lowest BCUT2D eigenvalue weighted by molar-refractivity contribution is -0.153. The van der Waals surface area contributed by atoms with E-state index in [-0.39, 0.29) is 12.0 Å². The van der Waals surface area contributed by atoms with Gasteiger partial charge in [-0.15, -0.1) is 0 Å². The van der Waals surface area contributed by atoms with Crippen molar-refractivity contribution in [3.05, 3.63) is 65.7 Å². The Labute approximate surface area is 138 Å². The first-order chi connectivity index (χ1) is 11.4. The third-order valence-corrected chi connectivity index (χ3v) is 3.41. The summed E-state index contributed by atoms with van der Waals surface area (Å²) in [7, 11) is 0. The van der Waals surface area contributed by atoms with Gasteiger partial charge in [-0.25, -0.2) is 0 Å². The number of carbonyl (C=O) groups is 1. The highest BCUT2D eigenvalue weighted by atomic mass is 19.4. The van der Waals surface area contributed by atoms with Crippen LogP contribution in [0.1, 0.15) is 22.8 Å². The Kier molecular flexibility index (Phi) is 5.84. The summed E-state index contributed by atoms with van der Waals surface area (Å²) in [6, 6.07) is 12.3. The Morgan fingerprint density at radius 3 is 2.25 bits per heavy atom. The standard InChI is InChI=1S/C18H18F3NO2/c1-2-24-15-10-8-13(9-11-15)12-16(18(19,20)21)22-17(23)14-6-4-3-5-7-14/h3-11,16H,2,12H2,1H3,(H,22,23)/t16-/m1/s1. The molecule has 2 rings (SSSR count). The van der Waals surface area contributed by atoms with Crippen LogP contribution >= 0.6 is 0 Å². The van der Waals surface area contributed by atoms with E-state index in [4.69, 9.17) is 4.74 Å². The average Bonchev–Trinajstić information content (AvgIpc) is 2.56. The summed E-state index contributed by atoms with van der Waals surface area (Å²) < 4.78 is 45.0. The minimum absolute atomic E-state index is 0.193. The third kappa shape index (κ3) is 5.01. The van der Waals surface area contributed by atoms with E-state index >= 15 is 0 Å². The molecule has 0 heterocycles. The Morgan fingerprint density at radius 2 is 1.71 bits per heavy atom. The van der Waals surface area contributed by atoms with Gasteiger partial charge in [-0.2, -0.15) is 13.2 Å². The van der Waals surface area contributed by atoms with E-state index in [2.05, 4.69) is 5.32 Å². The molecule has 3 nitrogen and oxygen atoms in total. The number of hydrogen-bond acceptors (Lipinski definition) is 2. The SMILES string of the molecule is CCOc1ccc(C[C@@H](NC(=O)c2ccccc2)C(F)(F)F)cc1. The minimum Gasteiger partial charge on any atom is -0.494 e. The number of hydrogen-bond donors (Lipinski definition) is 1. The molecule has 0 spiro atoms. The van der Waals surface area contributed by atoms with Gasteiger partial charge in [0.15, 0.2) is 0 Å². The molecule has 2 aromatic rings. The highest BCUT2D eigenvalue weighted by Crippen LogP contribution is 2.24. The number of alkyl halides is 3. The molecule has 1 atom stereocenters. The van der Waals surface area contributed by atoms with Crippen LogP contribution in [0, 0.1) is 0 Å². The number of ether oxygens (including phenoxy) is 1. The van der Waals surface area contributed by atoms with Crippen molar-refractivity contribution in [3.8, 4) is 5.75 Å². The summed E-state index contributed by atoms with van der Waals surface area (Å²) in [5.74, 6) is -0.151. The molecule has 1 amide bonds. The zero-order chi connectivity index (χ0) is 17.6. The Balaban J connectivity index is 2.10. The van der Waals surface area contributed by atoms with Gasteiger partial charge in [0.1, 0.15) is 11.8 Å². The Bertz CT molecular complexity index is 654. The number of amides is 1. The van der Waals surface area contributed by atoms with Crippen LogP contribution in [-0.2, 0) is 6.42 Å². The van der Waals surface area contributed by atoms with Gasteiger partial charge in [-0.1, -0.05) is 30.3 Å². The van der Waals surface area contributed by atoms with E-state index in [0.717, 1.165) is 0 Å². The Morgan fingerprint density at radius 1 is 1.08 bits per heavy atom. The molecule has 0 aromatic heterocycles. The van der Waals surface area contributed by atoms with Crippen LogP contribution in [0.2, 0.25) is 0 Å². The van der Waals surface area contributed by atoms with Gasteiger partial charge in [0.2, 0.25) is 0 Å². The summed E-state index contributed by atoms with van der Waals surface area (Å²) in [4.78, 5) is 12.0. The average molecular weight is 337 g/mol. The fraction of sp³-hybridized carbons (Fsp3) is 0.278. The molecule has 0 unspecified atom stereocenters. The maximum Gasteiger partial charge on any atom is 0.408 e. The van der Waals surface area contributed by atoms with E-state index in [1.807, 2.05) is 6.92 Å². The monoisotopic (exact) mass is 337 g/mol. The molecule has 0 aliphatic heterocycles. The zero-order valence-electron chi connectivity index (χ0n) is 13.1. The predicted molar refractivity (Wildman–Crippen MR) is 85.1 cm³/mol. The number of benzene rings is 2. The van der Waals surface area contributed by atoms with Gasteiger partial charge >= 0.3 is 6.18 Å². The number of carbonyl (C=O) groups excluding carboxylic acids is 1. The van der Waals surface area contributed by atoms with Crippen molar-refractivity contribution in [2.24, 2.45) is 0 Å². The highest BCUT2D eigenvalue weighted by molar-refractivity contribution is 5.94. The molecule has 2 aromatic carbocycles. The molecule has 0 saturated heterocycles. The molecule has 0 bridgehead atoms. The van der Waals surface area contributed by atoms with Crippen LogP contribution in [0.15, 0.2) is 54.6 Å². The zero-order valence-corrected chi connectivity index (χ0v) is 13.1. The van der Waals surface area contributed by atoms with Crippen molar-refractivity contribution in [3.63, 3.8) is 0 Å². The van der Waals surface area contributed by atoms with Gasteiger partial charge in [-0.05, 0) is 36.8 Å². The van der Waals surface area contributed by atoms with E-state index in [0.29, 0.717) is 17.9 Å². The van der Waals surface area contributed by atoms with Gasteiger partial charge < -0.3 is 10.1 Å². The number of rotatable bonds is 6. The Hall–Kier alpha value is -2.50. The van der Waals surface area contributed by atoms with Crippen LogP contribution in [0.5, 0.6) is 5.75 Å². The van der Waals surface area contributed by atoms with Crippen LogP contribution < -0.4 is 10.1 Å². The van der Waals surface area contributed by atoms with E-state index < -0.39 is 18.1 Å². The maximum atomic E-state index is 13.2. The van der Waals surface area contributed by atoms with E-state index in [9.17, 15) is 18.0 Å². The van der Waals surface area contributed by atoms with Gasteiger partial charge in [0.05, 0.1) is 6.61 Å².